The van der Waals surface area contributed by atoms with Gasteiger partial charge in [0.1, 0.15) is 11.9 Å². The van der Waals surface area contributed by atoms with E-state index in [1.807, 2.05) is 12.1 Å². The molecule has 3 atom stereocenters. The van der Waals surface area contributed by atoms with Gasteiger partial charge in [-0.3, -0.25) is 14.8 Å². The molecule has 2 aromatic heterocycles. The molecular formula is C30H36N8. The molecule has 1 N–H and O–H groups in total. The Kier molecular flexibility index (Phi) is 6.15. The van der Waals surface area contributed by atoms with Gasteiger partial charge in [-0.15, -0.1) is 0 Å². The largest absolute Gasteiger partial charge is 0.368 e. The quantitative estimate of drug-likeness (QED) is 0.579. The molecule has 4 aliphatic heterocycles. The molecule has 0 bridgehead atoms. The van der Waals surface area contributed by atoms with E-state index in [9.17, 15) is 5.26 Å². The number of nitriles is 1. The number of pyridine rings is 2. The minimum atomic E-state index is 0.496. The fourth-order valence-corrected chi connectivity index (χ4v) is 7.21. The zero-order valence-corrected chi connectivity index (χ0v) is 22.2. The Labute approximate surface area is 224 Å². The lowest BCUT2D eigenvalue weighted by atomic mass is 10.0. The number of rotatable bonds is 3. The lowest BCUT2D eigenvalue weighted by Crippen LogP contribution is -2.55. The molecular weight excluding hydrogens is 472 g/mol. The highest BCUT2D eigenvalue weighted by Gasteiger charge is 2.42. The van der Waals surface area contributed by atoms with Gasteiger partial charge in [0.05, 0.1) is 11.1 Å². The number of aromatic nitrogens is 2. The SMILES string of the molecule is C[C@@H]1CN(c2ccc(C#N)c3ncccc23)C[C@@H]2C[C@H](N3CCN(c4cc5c(cn4)CCNC5)CC3)CN21. The Morgan fingerprint density at radius 2 is 1.87 bits per heavy atom. The molecule has 3 aromatic rings. The summed E-state index contributed by atoms with van der Waals surface area (Å²) in [4.78, 5) is 19.8. The molecule has 0 aliphatic carbocycles. The van der Waals surface area contributed by atoms with E-state index in [2.05, 4.69) is 67.3 Å². The van der Waals surface area contributed by atoms with Gasteiger partial charge in [0.15, 0.2) is 0 Å². The molecule has 8 heteroatoms. The summed E-state index contributed by atoms with van der Waals surface area (Å²) < 4.78 is 0. The molecule has 196 valence electrons. The first-order valence-electron chi connectivity index (χ1n) is 14.1. The second kappa shape index (κ2) is 9.81. The van der Waals surface area contributed by atoms with E-state index in [1.165, 1.54) is 23.2 Å². The lowest BCUT2D eigenvalue weighted by molar-refractivity contribution is 0.149. The molecule has 4 aliphatic rings. The predicted molar refractivity (Wildman–Crippen MR) is 150 cm³/mol. The van der Waals surface area contributed by atoms with Gasteiger partial charge in [-0.05, 0) is 67.8 Å². The van der Waals surface area contributed by atoms with Crippen LogP contribution in [0.3, 0.4) is 0 Å². The zero-order chi connectivity index (χ0) is 25.6. The summed E-state index contributed by atoms with van der Waals surface area (Å²) in [5, 5.41) is 14.1. The highest BCUT2D eigenvalue weighted by atomic mass is 15.4. The highest BCUT2D eigenvalue weighted by molar-refractivity contribution is 5.95. The van der Waals surface area contributed by atoms with E-state index >= 15 is 0 Å². The van der Waals surface area contributed by atoms with Crippen LogP contribution in [-0.2, 0) is 13.0 Å². The Bertz CT molecular complexity index is 1370. The molecule has 7 rings (SSSR count). The van der Waals surface area contributed by atoms with Crippen LogP contribution in [0.5, 0.6) is 0 Å². The van der Waals surface area contributed by atoms with Crippen molar-refractivity contribution in [1.29, 1.82) is 5.26 Å². The summed E-state index contributed by atoms with van der Waals surface area (Å²) in [6.07, 6.45) is 6.20. The number of fused-ring (bicyclic) bond motifs is 3. The fourth-order valence-electron chi connectivity index (χ4n) is 7.21. The molecule has 0 saturated carbocycles. The van der Waals surface area contributed by atoms with Crippen LogP contribution >= 0.6 is 0 Å². The highest BCUT2D eigenvalue weighted by Crippen LogP contribution is 2.35. The van der Waals surface area contributed by atoms with Crippen molar-refractivity contribution in [3.05, 3.63) is 59.4 Å². The summed E-state index contributed by atoms with van der Waals surface area (Å²) in [5.74, 6) is 1.14. The van der Waals surface area contributed by atoms with Gasteiger partial charge in [-0.25, -0.2) is 4.98 Å². The molecule has 0 amide bonds. The average Bonchev–Trinajstić information content (AvgIpc) is 3.41. The number of hydrogen-bond donors (Lipinski definition) is 1. The Hall–Kier alpha value is -3.25. The van der Waals surface area contributed by atoms with Gasteiger partial charge in [-0.1, -0.05) is 0 Å². The number of hydrogen-bond acceptors (Lipinski definition) is 8. The van der Waals surface area contributed by atoms with E-state index < -0.39 is 0 Å². The van der Waals surface area contributed by atoms with Crippen LogP contribution in [0.1, 0.15) is 30.0 Å². The van der Waals surface area contributed by atoms with Gasteiger partial charge >= 0.3 is 0 Å². The number of nitrogens with one attached hydrogen (secondary N) is 1. The topological polar surface area (TPSA) is 74.6 Å². The smallest absolute Gasteiger partial charge is 0.128 e. The summed E-state index contributed by atoms with van der Waals surface area (Å²) in [5.41, 5.74) is 5.50. The minimum absolute atomic E-state index is 0.496. The zero-order valence-electron chi connectivity index (χ0n) is 22.2. The van der Waals surface area contributed by atoms with Crippen molar-refractivity contribution in [2.24, 2.45) is 0 Å². The van der Waals surface area contributed by atoms with Gasteiger partial charge in [0.2, 0.25) is 0 Å². The predicted octanol–water partition coefficient (Wildman–Crippen LogP) is 2.62. The number of nitrogens with zero attached hydrogens (tertiary/aromatic N) is 7. The van der Waals surface area contributed by atoms with Crippen LogP contribution in [0.4, 0.5) is 11.5 Å². The molecule has 8 nitrogen and oxygen atoms in total. The molecule has 1 aromatic carbocycles. The van der Waals surface area contributed by atoms with Crippen LogP contribution in [0.2, 0.25) is 0 Å². The third-order valence-corrected chi connectivity index (χ3v) is 9.23. The molecule has 3 saturated heterocycles. The Morgan fingerprint density at radius 1 is 0.974 bits per heavy atom. The fraction of sp³-hybridized carbons (Fsp3) is 0.500. The second-order valence-corrected chi connectivity index (χ2v) is 11.4. The number of piperazine rings is 2. The van der Waals surface area contributed by atoms with Crippen LogP contribution < -0.4 is 15.1 Å². The first-order valence-corrected chi connectivity index (χ1v) is 14.1. The van der Waals surface area contributed by atoms with E-state index in [4.69, 9.17) is 4.98 Å². The summed E-state index contributed by atoms with van der Waals surface area (Å²) in [7, 11) is 0. The van der Waals surface area contributed by atoms with E-state index in [1.54, 1.807) is 6.20 Å². The maximum Gasteiger partial charge on any atom is 0.128 e. The Morgan fingerprint density at radius 3 is 2.74 bits per heavy atom. The Balaban J connectivity index is 1.02. The van der Waals surface area contributed by atoms with Gasteiger partial charge in [0.25, 0.3) is 0 Å². The first-order chi connectivity index (χ1) is 18.7. The maximum absolute atomic E-state index is 9.56. The molecule has 0 spiro atoms. The normalized spacial score (nSPS) is 26.3. The van der Waals surface area contributed by atoms with Crippen molar-refractivity contribution in [3.8, 4) is 6.07 Å². The number of benzene rings is 1. The third kappa shape index (κ3) is 4.19. The van der Waals surface area contributed by atoms with Crippen molar-refractivity contribution >= 4 is 22.4 Å². The second-order valence-electron chi connectivity index (χ2n) is 11.4. The van der Waals surface area contributed by atoms with Crippen molar-refractivity contribution in [2.45, 2.75) is 44.4 Å². The molecule has 6 heterocycles. The van der Waals surface area contributed by atoms with Crippen molar-refractivity contribution in [3.63, 3.8) is 0 Å². The lowest BCUT2D eigenvalue weighted by Gasteiger charge is -2.43. The van der Waals surface area contributed by atoms with E-state index in [-0.39, 0.29) is 0 Å². The number of anilines is 2. The average molecular weight is 509 g/mol. The van der Waals surface area contributed by atoms with Crippen LogP contribution in [-0.4, -0.2) is 90.3 Å². The van der Waals surface area contributed by atoms with Gasteiger partial charge in [0, 0.05) is 94.0 Å². The van der Waals surface area contributed by atoms with Crippen molar-refractivity contribution in [1.82, 2.24) is 25.1 Å². The molecule has 0 unspecified atom stereocenters. The summed E-state index contributed by atoms with van der Waals surface area (Å²) in [6.45, 7) is 11.9. The van der Waals surface area contributed by atoms with Crippen molar-refractivity contribution < 1.29 is 0 Å². The van der Waals surface area contributed by atoms with Gasteiger partial charge < -0.3 is 15.1 Å². The van der Waals surface area contributed by atoms with Gasteiger partial charge in [-0.2, -0.15) is 5.26 Å². The first kappa shape index (κ1) is 23.8. The van der Waals surface area contributed by atoms with Crippen LogP contribution in [0.15, 0.2) is 42.7 Å². The van der Waals surface area contributed by atoms with E-state index in [0.717, 1.165) is 82.0 Å². The van der Waals surface area contributed by atoms with Crippen LogP contribution in [0.25, 0.3) is 10.9 Å². The standard InChI is InChI=1S/C30H36N8/c1-21-18-37(28-5-4-22(15-31)30-27(28)3-2-7-33-30)19-26-14-25(20-38(21)26)35-9-11-36(12-10-35)29-13-24-16-32-8-6-23(24)17-34-29/h2-5,7,13,17,21,25-26,32H,6,8-12,14,16,18-20H2,1H3/t21-,25+,26+/m1/s1. The monoisotopic (exact) mass is 508 g/mol. The molecule has 0 radical (unpaired) electrons. The van der Waals surface area contributed by atoms with Crippen molar-refractivity contribution in [2.75, 3.05) is 62.2 Å². The van der Waals surface area contributed by atoms with Crippen LogP contribution in [0, 0.1) is 11.3 Å². The molecule has 38 heavy (non-hydrogen) atoms. The third-order valence-electron chi connectivity index (χ3n) is 9.23. The summed E-state index contributed by atoms with van der Waals surface area (Å²) in [6, 6.07) is 14.4. The summed E-state index contributed by atoms with van der Waals surface area (Å²) >= 11 is 0. The minimum Gasteiger partial charge on any atom is -0.368 e. The maximum atomic E-state index is 9.56. The van der Waals surface area contributed by atoms with E-state index in [0.29, 0.717) is 23.7 Å². The molecule has 3 fully saturated rings.